The lowest BCUT2D eigenvalue weighted by Gasteiger charge is -2.34. The average molecular weight is 337 g/mol. The molecular weight excluding hydrogens is 316 g/mol. The van der Waals surface area contributed by atoms with Crippen LogP contribution in [0.4, 0.5) is 0 Å². The van der Waals surface area contributed by atoms with Gasteiger partial charge in [0.05, 0.1) is 5.56 Å². The Kier molecular flexibility index (Phi) is 4.63. The first kappa shape index (κ1) is 15.2. The van der Waals surface area contributed by atoms with Gasteiger partial charge in [0, 0.05) is 10.2 Å². The summed E-state index contributed by atoms with van der Waals surface area (Å²) in [6, 6.07) is 7.37. The van der Waals surface area contributed by atoms with Gasteiger partial charge in [-0.25, -0.2) is 5.43 Å². The molecule has 1 aromatic carbocycles. The number of rotatable bonds is 2. The summed E-state index contributed by atoms with van der Waals surface area (Å²) in [6.07, 6.45) is 3.14. The molecule has 0 spiro atoms. The van der Waals surface area contributed by atoms with Crippen molar-refractivity contribution < 1.29 is 4.79 Å². The molecule has 0 radical (unpaired) electrons. The summed E-state index contributed by atoms with van der Waals surface area (Å²) in [6.45, 7) is 6.76. The zero-order valence-corrected chi connectivity index (χ0v) is 13.8. The van der Waals surface area contributed by atoms with Gasteiger partial charge in [0.2, 0.25) is 0 Å². The van der Waals surface area contributed by atoms with Crippen molar-refractivity contribution in [2.24, 2.45) is 16.4 Å². The van der Waals surface area contributed by atoms with Gasteiger partial charge in [-0.05, 0) is 58.7 Å². The second-order valence-electron chi connectivity index (χ2n) is 6.45. The molecule has 1 saturated carbocycles. The van der Waals surface area contributed by atoms with Crippen LogP contribution < -0.4 is 5.43 Å². The Morgan fingerprint density at radius 3 is 2.75 bits per heavy atom. The van der Waals surface area contributed by atoms with Crippen LogP contribution >= 0.6 is 15.9 Å². The summed E-state index contributed by atoms with van der Waals surface area (Å²) < 4.78 is 0.787. The van der Waals surface area contributed by atoms with Crippen LogP contribution in [0.1, 0.15) is 50.4 Å². The van der Waals surface area contributed by atoms with E-state index in [1.54, 1.807) is 6.07 Å². The van der Waals surface area contributed by atoms with Crippen molar-refractivity contribution >= 4 is 27.5 Å². The highest BCUT2D eigenvalue weighted by atomic mass is 79.9. The first-order chi connectivity index (χ1) is 9.37. The molecule has 20 heavy (non-hydrogen) atoms. The van der Waals surface area contributed by atoms with Crippen LogP contribution in [0.3, 0.4) is 0 Å². The van der Waals surface area contributed by atoms with E-state index >= 15 is 0 Å². The third-order valence-corrected chi connectivity index (χ3v) is 4.29. The molecule has 0 saturated heterocycles. The van der Waals surface area contributed by atoms with Crippen molar-refractivity contribution in [2.45, 2.75) is 40.0 Å². The molecule has 1 amide bonds. The highest BCUT2D eigenvalue weighted by Gasteiger charge is 2.29. The Balaban J connectivity index is 2.06. The van der Waals surface area contributed by atoms with E-state index < -0.39 is 0 Å². The third-order valence-electron chi connectivity index (χ3n) is 3.60. The fourth-order valence-electron chi connectivity index (χ4n) is 3.04. The number of benzene rings is 1. The summed E-state index contributed by atoms with van der Waals surface area (Å²) in [7, 11) is 0. The predicted molar refractivity (Wildman–Crippen MR) is 85.8 cm³/mol. The second kappa shape index (κ2) is 6.08. The zero-order valence-electron chi connectivity index (χ0n) is 12.2. The van der Waals surface area contributed by atoms with Crippen molar-refractivity contribution in [3.8, 4) is 0 Å². The van der Waals surface area contributed by atoms with Crippen molar-refractivity contribution in [1.29, 1.82) is 0 Å². The smallest absolute Gasteiger partial charge is 0.267 e. The maximum atomic E-state index is 12.1. The van der Waals surface area contributed by atoms with Crippen molar-refractivity contribution in [1.82, 2.24) is 5.43 Å². The molecular formula is C16H21BrN2O. The molecule has 0 aliphatic heterocycles. The molecule has 108 valence electrons. The van der Waals surface area contributed by atoms with Crippen LogP contribution in [0.15, 0.2) is 33.8 Å². The van der Waals surface area contributed by atoms with E-state index in [2.05, 4.69) is 47.2 Å². The first-order valence-corrected chi connectivity index (χ1v) is 7.77. The van der Waals surface area contributed by atoms with Gasteiger partial charge in [0.25, 0.3) is 5.91 Å². The standard InChI is InChI=1S/C16H21BrN2O/c1-11-8-12(10-16(2,3)9-11)18-19-15(20)13-6-4-5-7-14(13)17/h4-7,11H,8-10H2,1-3H3,(H,19,20)/b18-12-/t11-/m1/s1. The van der Waals surface area contributed by atoms with Crippen molar-refractivity contribution in [3.63, 3.8) is 0 Å². The lowest BCUT2D eigenvalue weighted by molar-refractivity contribution is 0.0953. The average Bonchev–Trinajstić information content (AvgIpc) is 2.34. The Hall–Kier alpha value is -1.16. The van der Waals surface area contributed by atoms with Crippen LogP contribution in [-0.4, -0.2) is 11.6 Å². The fourth-order valence-corrected chi connectivity index (χ4v) is 3.50. The van der Waals surface area contributed by atoms with Crippen LogP contribution in [0.25, 0.3) is 0 Å². The SMILES string of the molecule is C[C@@H]1C/C(=N/NC(=O)c2ccccc2Br)CC(C)(C)C1. The van der Waals surface area contributed by atoms with E-state index in [9.17, 15) is 4.79 Å². The van der Waals surface area contributed by atoms with Gasteiger partial charge < -0.3 is 0 Å². The van der Waals surface area contributed by atoms with E-state index in [0.717, 1.165) is 23.0 Å². The predicted octanol–water partition coefficient (Wildman–Crippen LogP) is 4.38. The van der Waals surface area contributed by atoms with Gasteiger partial charge in [-0.15, -0.1) is 0 Å². The van der Waals surface area contributed by atoms with Gasteiger partial charge in [-0.1, -0.05) is 32.9 Å². The number of hydrogen-bond donors (Lipinski definition) is 1. The summed E-state index contributed by atoms with van der Waals surface area (Å²) in [5.41, 5.74) is 4.66. The molecule has 1 aromatic rings. The second-order valence-corrected chi connectivity index (χ2v) is 7.31. The van der Waals surface area contributed by atoms with E-state index in [-0.39, 0.29) is 11.3 Å². The summed E-state index contributed by atoms with van der Waals surface area (Å²) >= 11 is 3.38. The normalized spacial score (nSPS) is 23.6. The van der Waals surface area contributed by atoms with Gasteiger partial charge >= 0.3 is 0 Å². The molecule has 4 heteroatoms. The van der Waals surface area contributed by atoms with Gasteiger partial charge in [-0.3, -0.25) is 4.79 Å². The number of carbonyl (C=O) groups is 1. The fraction of sp³-hybridized carbons (Fsp3) is 0.500. The maximum Gasteiger partial charge on any atom is 0.272 e. The Bertz CT molecular complexity index is 537. The topological polar surface area (TPSA) is 41.5 Å². The molecule has 1 aliphatic carbocycles. The molecule has 2 rings (SSSR count). The number of amides is 1. The third kappa shape index (κ3) is 3.92. The highest BCUT2D eigenvalue weighted by molar-refractivity contribution is 9.10. The molecule has 1 N–H and O–H groups in total. The zero-order chi connectivity index (χ0) is 14.8. The first-order valence-electron chi connectivity index (χ1n) is 6.98. The Morgan fingerprint density at radius 2 is 2.10 bits per heavy atom. The molecule has 1 fully saturated rings. The van der Waals surface area contributed by atoms with Crippen molar-refractivity contribution in [2.75, 3.05) is 0 Å². The molecule has 3 nitrogen and oxygen atoms in total. The number of halogens is 1. The minimum Gasteiger partial charge on any atom is -0.267 e. The van der Waals surface area contributed by atoms with E-state index in [0.29, 0.717) is 11.5 Å². The monoisotopic (exact) mass is 336 g/mol. The van der Waals surface area contributed by atoms with Crippen LogP contribution in [0.2, 0.25) is 0 Å². The maximum absolute atomic E-state index is 12.1. The van der Waals surface area contributed by atoms with Gasteiger partial charge in [0.1, 0.15) is 0 Å². The lowest BCUT2D eigenvalue weighted by Crippen LogP contribution is -2.30. The molecule has 1 aliphatic rings. The van der Waals surface area contributed by atoms with Crippen LogP contribution in [0.5, 0.6) is 0 Å². The minimum atomic E-state index is -0.166. The van der Waals surface area contributed by atoms with Crippen LogP contribution in [0, 0.1) is 11.3 Å². The number of hydrogen-bond acceptors (Lipinski definition) is 2. The Labute approximate surface area is 129 Å². The minimum absolute atomic E-state index is 0.166. The number of carbonyl (C=O) groups excluding carboxylic acids is 1. The lowest BCUT2D eigenvalue weighted by atomic mass is 9.72. The van der Waals surface area contributed by atoms with Gasteiger partial charge in [0.15, 0.2) is 0 Å². The largest absolute Gasteiger partial charge is 0.272 e. The molecule has 0 aromatic heterocycles. The van der Waals surface area contributed by atoms with Crippen LogP contribution in [-0.2, 0) is 0 Å². The number of hydrazone groups is 1. The van der Waals surface area contributed by atoms with E-state index in [1.807, 2.05) is 18.2 Å². The summed E-state index contributed by atoms with van der Waals surface area (Å²) in [4.78, 5) is 12.1. The number of nitrogens with one attached hydrogen (secondary N) is 1. The number of nitrogens with zero attached hydrogens (tertiary/aromatic N) is 1. The molecule has 0 unspecified atom stereocenters. The molecule has 0 heterocycles. The van der Waals surface area contributed by atoms with E-state index in [4.69, 9.17) is 0 Å². The summed E-state index contributed by atoms with van der Waals surface area (Å²) in [5, 5.41) is 4.34. The van der Waals surface area contributed by atoms with E-state index in [1.165, 1.54) is 6.42 Å². The van der Waals surface area contributed by atoms with Gasteiger partial charge in [-0.2, -0.15) is 5.10 Å². The summed E-state index contributed by atoms with van der Waals surface area (Å²) in [5.74, 6) is 0.457. The molecule has 1 atom stereocenters. The molecule has 0 bridgehead atoms. The highest BCUT2D eigenvalue weighted by Crippen LogP contribution is 2.36. The quantitative estimate of drug-likeness (QED) is 0.800. The van der Waals surface area contributed by atoms with Crippen molar-refractivity contribution in [3.05, 3.63) is 34.3 Å². The Morgan fingerprint density at radius 1 is 1.40 bits per heavy atom.